The van der Waals surface area contributed by atoms with Crippen molar-refractivity contribution in [2.24, 2.45) is 0 Å². The van der Waals surface area contributed by atoms with E-state index in [0.29, 0.717) is 0 Å². The number of aliphatic carboxylic acids is 2. The lowest BCUT2D eigenvalue weighted by Gasteiger charge is -1.94. The minimum Gasteiger partial charge on any atom is -0.481 e. The van der Waals surface area contributed by atoms with E-state index in [9.17, 15) is 9.59 Å². The Morgan fingerprint density at radius 1 is 1.36 bits per heavy atom. The van der Waals surface area contributed by atoms with E-state index < -0.39 is 18.0 Å². The SMILES string of the molecule is O=C(O)CC=CC(O)C(=O)O. The second kappa shape index (κ2) is 4.45. The average Bonchev–Trinajstić information content (AvgIpc) is 1.86. The van der Waals surface area contributed by atoms with Crippen LogP contribution in [0, 0.1) is 0 Å². The zero-order valence-electron chi connectivity index (χ0n) is 5.60. The van der Waals surface area contributed by atoms with Gasteiger partial charge in [0, 0.05) is 0 Å². The Kier molecular flexibility index (Phi) is 3.90. The molecule has 0 saturated carbocycles. The molecule has 3 N–H and O–H groups in total. The average molecular weight is 160 g/mol. The Morgan fingerprint density at radius 3 is 2.27 bits per heavy atom. The third-order valence-corrected chi connectivity index (χ3v) is 0.864. The minimum absolute atomic E-state index is 0.287. The van der Waals surface area contributed by atoms with E-state index in [1.54, 1.807) is 0 Å². The van der Waals surface area contributed by atoms with Gasteiger partial charge in [-0.2, -0.15) is 0 Å². The zero-order chi connectivity index (χ0) is 8.85. The number of hydrogen-bond donors (Lipinski definition) is 3. The van der Waals surface area contributed by atoms with Crippen LogP contribution in [0.4, 0.5) is 0 Å². The maximum absolute atomic E-state index is 9.93. The Morgan fingerprint density at radius 2 is 1.91 bits per heavy atom. The fourth-order valence-electron chi connectivity index (χ4n) is 0.380. The maximum atomic E-state index is 9.93. The van der Waals surface area contributed by atoms with Crippen molar-refractivity contribution < 1.29 is 24.9 Å². The van der Waals surface area contributed by atoms with Gasteiger partial charge >= 0.3 is 11.9 Å². The van der Waals surface area contributed by atoms with Gasteiger partial charge in [0.1, 0.15) is 0 Å². The van der Waals surface area contributed by atoms with E-state index in [0.717, 1.165) is 12.2 Å². The molecule has 0 radical (unpaired) electrons. The van der Waals surface area contributed by atoms with E-state index >= 15 is 0 Å². The van der Waals surface area contributed by atoms with Crippen LogP contribution in [-0.4, -0.2) is 33.4 Å². The third kappa shape index (κ3) is 5.10. The van der Waals surface area contributed by atoms with Crippen LogP contribution in [0.2, 0.25) is 0 Å². The summed E-state index contributed by atoms with van der Waals surface area (Å²) in [6.45, 7) is 0. The molecule has 0 saturated heterocycles. The first-order chi connectivity index (χ1) is 5.04. The van der Waals surface area contributed by atoms with Crippen molar-refractivity contribution in [2.45, 2.75) is 12.5 Å². The topological polar surface area (TPSA) is 94.8 Å². The number of aliphatic hydroxyl groups is 1. The summed E-state index contributed by atoms with van der Waals surface area (Å²) in [6, 6.07) is 0. The fourth-order valence-corrected chi connectivity index (χ4v) is 0.380. The monoisotopic (exact) mass is 160 g/mol. The van der Waals surface area contributed by atoms with Crippen LogP contribution < -0.4 is 0 Å². The number of aliphatic hydroxyl groups excluding tert-OH is 1. The van der Waals surface area contributed by atoms with E-state index in [4.69, 9.17) is 15.3 Å². The first-order valence-electron chi connectivity index (χ1n) is 2.83. The van der Waals surface area contributed by atoms with Gasteiger partial charge in [-0.25, -0.2) is 4.79 Å². The Hall–Kier alpha value is -1.36. The lowest BCUT2D eigenvalue weighted by molar-refractivity contribution is -0.144. The van der Waals surface area contributed by atoms with Gasteiger partial charge < -0.3 is 15.3 Å². The van der Waals surface area contributed by atoms with Crippen LogP contribution in [0.3, 0.4) is 0 Å². The van der Waals surface area contributed by atoms with Gasteiger partial charge in [0.15, 0.2) is 6.10 Å². The summed E-state index contributed by atoms with van der Waals surface area (Å²) in [5.41, 5.74) is 0. The summed E-state index contributed by atoms with van der Waals surface area (Å²) in [4.78, 5) is 19.8. The molecule has 5 nitrogen and oxygen atoms in total. The summed E-state index contributed by atoms with van der Waals surface area (Å²) in [5, 5.41) is 24.7. The Balaban J connectivity index is 3.74. The van der Waals surface area contributed by atoms with Crippen LogP contribution in [0.15, 0.2) is 12.2 Å². The van der Waals surface area contributed by atoms with Gasteiger partial charge in [0.25, 0.3) is 0 Å². The molecule has 0 fully saturated rings. The first kappa shape index (κ1) is 9.64. The molecule has 0 bridgehead atoms. The van der Waals surface area contributed by atoms with Crippen molar-refractivity contribution in [2.75, 3.05) is 0 Å². The molecule has 0 aromatic carbocycles. The van der Waals surface area contributed by atoms with E-state index in [1.807, 2.05) is 0 Å². The second-order valence-corrected chi connectivity index (χ2v) is 1.81. The lowest BCUT2D eigenvalue weighted by atomic mass is 10.3. The molecule has 0 aliphatic rings. The molecule has 0 rings (SSSR count). The van der Waals surface area contributed by atoms with Crippen molar-refractivity contribution in [3.05, 3.63) is 12.2 Å². The predicted molar refractivity (Wildman–Crippen MR) is 35.0 cm³/mol. The molecule has 0 aliphatic heterocycles. The number of carbonyl (C=O) groups is 2. The normalized spacial score (nSPS) is 13.2. The van der Waals surface area contributed by atoms with Crippen LogP contribution in [0.25, 0.3) is 0 Å². The summed E-state index contributed by atoms with van der Waals surface area (Å²) >= 11 is 0. The molecule has 0 heterocycles. The van der Waals surface area contributed by atoms with Gasteiger partial charge in [0.05, 0.1) is 6.42 Å². The molecule has 0 aromatic heterocycles. The quantitative estimate of drug-likeness (QED) is 0.480. The molecule has 1 unspecified atom stereocenters. The van der Waals surface area contributed by atoms with E-state index in [2.05, 4.69) is 0 Å². The van der Waals surface area contributed by atoms with Crippen molar-refractivity contribution in [1.82, 2.24) is 0 Å². The fraction of sp³-hybridized carbons (Fsp3) is 0.333. The number of carboxylic acid groups (broad SMARTS) is 2. The smallest absolute Gasteiger partial charge is 0.336 e. The van der Waals surface area contributed by atoms with Crippen LogP contribution >= 0.6 is 0 Å². The molecule has 62 valence electrons. The van der Waals surface area contributed by atoms with Gasteiger partial charge in [-0.1, -0.05) is 6.08 Å². The number of hydrogen-bond acceptors (Lipinski definition) is 3. The van der Waals surface area contributed by atoms with Crippen molar-refractivity contribution in [3.8, 4) is 0 Å². The van der Waals surface area contributed by atoms with E-state index in [-0.39, 0.29) is 6.42 Å². The summed E-state index contributed by atoms with van der Waals surface area (Å²) < 4.78 is 0. The largest absolute Gasteiger partial charge is 0.481 e. The van der Waals surface area contributed by atoms with Crippen LogP contribution in [0.5, 0.6) is 0 Å². The Labute approximate surface area is 62.6 Å². The molecular weight excluding hydrogens is 152 g/mol. The third-order valence-electron chi connectivity index (χ3n) is 0.864. The standard InChI is InChI=1S/C6H8O5/c7-4(6(10)11)2-1-3-5(8)9/h1-2,4,7H,3H2,(H,8,9)(H,10,11). The Bertz CT molecular complexity index is 183. The highest BCUT2D eigenvalue weighted by atomic mass is 16.4. The molecular formula is C6H8O5. The molecule has 0 aromatic rings. The van der Waals surface area contributed by atoms with E-state index in [1.165, 1.54) is 0 Å². The van der Waals surface area contributed by atoms with Gasteiger partial charge in [-0.15, -0.1) is 0 Å². The van der Waals surface area contributed by atoms with Crippen molar-refractivity contribution >= 4 is 11.9 Å². The van der Waals surface area contributed by atoms with Gasteiger partial charge in [-0.3, -0.25) is 4.79 Å². The van der Waals surface area contributed by atoms with Crippen molar-refractivity contribution in [3.63, 3.8) is 0 Å². The lowest BCUT2D eigenvalue weighted by Crippen LogP contribution is -2.16. The van der Waals surface area contributed by atoms with Gasteiger partial charge in [-0.05, 0) is 6.08 Å². The highest BCUT2D eigenvalue weighted by Crippen LogP contribution is 1.88. The molecule has 1 atom stereocenters. The number of carboxylic acids is 2. The van der Waals surface area contributed by atoms with Crippen LogP contribution in [0.1, 0.15) is 6.42 Å². The summed E-state index contributed by atoms with van der Waals surface area (Å²) in [7, 11) is 0. The maximum Gasteiger partial charge on any atom is 0.336 e. The molecule has 0 amide bonds. The summed E-state index contributed by atoms with van der Waals surface area (Å²) in [6.07, 6.45) is 0.0939. The second-order valence-electron chi connectivity index (χ2n) is 1.81. The predicted octanol–water partition coefficient (Wildman–Crippen LogP) is -0.537. The zero-order valence-corrected chi connectivity index (χ0v) is 5.60. The molecule has 0 aliphatic carbocycles. The van der Waals surface area contributed by atoms with Gasteiger partial charge in [0.2, 0.25) is 0 Å². The summed E-state index contributed by atoms with van der Waals surface area (Å²) in [5.74, 6) is -2.47. The highest BCUT2D eigenvalue weighted by molar-refractivity contribution is 5.74. The molecule has 11 heavy (non-hydrogen) atoms. The number of rotatable bonds is 4. The van der Waals surface area contributed by atoms with Crippen molar-refractivity contribution in [1.29, 1.82) is 0 Å². The molecule has 5 heteroatoms. The first-order valence-corrected chi connectivity index (χ1v) is 2.83. The minimum atomic E-state index is -1.62. The highest BCUT2D eigenvalue weighted by Gasteiger charge is 2.07. The molecule has 0 spiro atoms. The van der Waals surface area contributed by atoms with Crippen LogP contribution in [-0.2, 0) is 9.59 Å².